The predicted octanol–water partition coefficient (Wildman–Crippen LogP) is 2.31. The number of urea groups is 1. The number of fused-ring (bicyclic) bond motifs is 1. The minimum absolute atomic E-state index is 0.0198. The van der Waals surface area contributed by atoms with Crippen molar-refractivity contribution in [1.82, 2.24) is 14.7 Å². The largest absolute Gasteiger partial charge is 0.378 e. The third-order valence-corrected chi connectivity index (χ3v) is 6.86. The summed E-state index contributed by atoms with van der Waals surface area (Å²) >= 11 is 0. The Morgan fingerprint density at radius 1 is 0.743 bits per heavy atom. The molecule has 3 aliphatic rings. The van der Waals surface area contributed by atoms with E-state index in [4.69, 9.17) is 4.74 Å². The van der Waals surface area contributed by atoms with Gasteiger partial charge in [0.15, 0.2) is 0 Å². The van der Waals surface area contributed by atoms with E-state index in [1.54, 1.807) is 26.8 Å². The fraction of sp³-hybridized carbons (Fsp3) is 0.385. The van der Waals surface area contributed by atoms with Crippen LogP contribution in [0, 0.1) is 13.8 Å². The first-order valence-electron chi connectivity index (χ1n) is 11.9. The van der Waals surface area contributed by atoms with Crippen molar-refractivity contribution in [3.05, 3.63) is 64.2 Å². The van der Waals surface area contributed by atoms with Gasteiger partial charge >= 0.3 is 6.03 Å². The Hall–Kier alpha value is -3.72. The number of carbonyl (C=O) groups is 4. The van der Waals surface area contributed by atoms with Gasteiger partial charge in [-0.1, -0.05) is 12.1 Å². The highest BCUT2D eigenvalue weighted by Gasteiger charge is 2.38. The van der Waals surface area contributed by atoms with Crippen LogP contribution in [0.2, 0.25) is 0 Å². The normalized spacial score (nSPS) is 18.2. The van der Waals surface area contributed by atoms with Gasteiger partial charge in [-0.25, -0.2) is 9.69 Å². The zero-order valence-electron chi connectivity index (χ0n) is 20.0. The van der Waals surface area contributed by atoms with Crippen molar-refractivity contribution in [2.45, 2.75) is 13.8 Å². The quantitative estimate of drug-likeness (QED) is 0.621. The van der Waals surface area contributed by atoms with Gasteiger partial charge in [-0.2, -0.15) is 0 Å². The maximum atomic E-state index is 13.2. The second kappa shape index (κ2) is 9.14. The van der Waals surface area contributed by atoms with E-state index in [1.165, 1.54) is 11.0 Å². The average molecular weight is 477 g/mol. The van der Waals surface area contributed by atoms with E-state index in [9.17, 15) is 19.2 Å². The number of piperazine rings is 1. The number of imide groups is 1. The van der Waals surface area contributed by atoms with Crippen LogP contribution in [-0.2, 0) is 4.74 Å². The molecule has 0 spiro atoms. The van der Waals surface area contributed by atoms with Crippen LogP contribution in [0.25, 0.3) is 0 Å². The molecule has 9 heteroatoms. The molecule has 0 bridgehead atoms. The van der Waals surface area contributed by atoms with Gasteiger partial charge in [-0.3, -0.25) is 14.4 Å². The highest BCUT2D eigenvalue weighted by Crippen LogP contribution is 2.32. The minimum atomic E-state index is -0.422. The van der Waals surface area contributed by atoms with Gasteiger partial charge in [0.1, 0.15) is 0 Å². The van der Waals surface area contributed by atoms with Crippen molar-refractivity contribution in [2.75, 3.05) is 57.4 Å². The zero-order chi connectivity index (χ0) is 24.7. The third-order valence-electron chi connectivity index (χ3n) is 6.86. The molecule has 0 N–H and O–H groups in total. The van der Waals surface area contributed by atoms with Gasteiger partial charge in [-0.15, -0.1) is 0 Å². The van der Waals surface area contributed by atoms with Crippen LogP contribution in [0.15, 0.2) is 36.4 Å². The summed E-state index contributed by atoms with van der Waals surface area (Å²) in [7, 11) is 0. The summed E-state index contributed by atoms with van der Waals surface area (Å²) in [5.74, 6) is -1.01. The molecule has 0 saturated carbocycles. The Balaban J connectivity index is 1.29. The lowest BCUT2D eigenvalue weighted by Crippen LogP contribution is -2.55. The monoisotopic (exact) mass is 476 g/mol. The van der Waals surface area contributed by atoms with Crippen LogP contribution >= 0.6 is 0 Å². The molecule has 182 valence electrons. The fourth-order valence-electron chi connectivity index (χ4n) is 4.79. The van der Waals surface area contributed by atoms with Crippen molar-refractivity contribution < 1.29 is 23.9 Å². The maximum absolute atomic E-state index is 13.2. The molecule has 0 radical (unpaired) electrons. The average Bonchev–Trinajstić information content (AvgIpc) is 3.14. The van der Waals surface area contributed by atoms with Crippen molar-refractivity contribution in [2.24, 2.45) is 0 Å². The summed E-state index contributed by atoms with van der Waals surface area (Å²) in [5, 5.41) is 0. The van der Waals surface area contributed by atoms with E-state index in [0.29, 0.717) is 69.3 Å². The molecular weight excluding hydrogens is 448 g/mol. The molecule has 2 aromatic rings. The van der Waals surface area contributed by atoms with E-state index >= 15 is 0 Å². The summed E-state index contributed by atoms with van der Waals surface area (Å²) in [5.41, 5.74) is 3.23. The zero-order valence-corrected chi connectivity index (χ0v) is 20.0. The molecule has 2 saturated heterocycles. The smallest absolute Gasteiger partial charge is 0.320 e. The first kappa shape index (κ1) is 23.0. The number of benzene rings is 2. The lowest BCUT2D eigenvalue weighted by molar-refractivity contribution is 0.0362. The number of hydrogen-bond donors (Lipinski definition) is 0. The first-order valence-corrected chi connectivity index (χ1v) is 11.9. The van der Waals surface area contributed by atoms with Gasteiger partial charge in [0.05, 0.1) is 30.0 Å². The topological polar surface area (TPSA) is 90.5 Å². The number of anilines is 1. The van der Waals surface area contributed by atoms with Crippen LogP contribution < -0.4 is 4.90 Å². The molecular formula is C26H28N4O5. The van der Waals surface area contributed by atoms with Crippen LogP contribution in [0.5, 0.6) is 0 Å². The fourth-order valence-corrected chi connectivity index (χ4v) is 4.79. The summed E-state index contributed by atoms with van der Waals surface area (Å²) < 4.78 is 5.31. The Kier molecular flexibility index (Phi) is 6.02. The molecule has 0 unspecified atom stereocenters. The Labute approximate surface area is 203 Å². The molecule has 3 heterocycles. The number of nitrogens with zero attached hydrogens (tertiary/aromatic N) is 4. The van der Waals surface area contributed by atoms with Crippen molar-refractivity contribution in [3.8, 4) is 0 Å². The molecule has 0 aromatic heterocycles. The van der Waals surface area contributed by atoms with E-state index in [2.05, 4.69) is 0 Å². The minimum Gasteiger partial charge on any atom is -0.378 e. The maximum Gasteiger partial charge on any atom is 0.320 e. The summed E-state index contributed by atoms with van der Waals surface area (Å²) in [4.78, 5) is 58.6. The lowest BCUT2D eigenvalue weighted by atomic mass is 10.0. The van der Waals surface area contributed by atoms with Gasteiger partial charge in [-0.05, 0) is 49.2 Å². The Morgan fingerprint density at radius 2 is 1.37 bits per heavy atom. The lowest BCUT2D eigenvalue weighted by Gasteiger charge is -2.38. The van der Waals surface area contributed by atoms with Crippen molar-refractivity contribution in [1.29, 1.82) is 0 Å². The molecule has 0 atom stereocenters. The van der Waals surface area contributed by atoms with Crippen molar-refractivity contribution >= 4 is 29.4 Å². The number of aryl methyl sites for hydroxylation is 2. The van der Waals surface area contributed by atoms with Gasteiger partial charge in [0.2, 0.25) is 0 Å². The van der Waals surface area contributed by atoms with E-state index < -0.39 is 5.91 Å². The molecule has 3 aliphatic heterocycles. The second-order valence-corrected chi connectivity index (χ2v) is 9.16. The standard InChI is InChI=1S/C26H28N4O5/c1-17-3-4-18(2)22(15-17)30-24(32)20-6-5-19(16-21(20)25(30)33)23(31)27-7-9-28(10-8-27)26(34)29-11-13-35-14-12-29/h3-6,15-16H,7-14H2,1-2H3. The Bertz CT molecular complexity index is 1210. The predicted molar refractivity (Wildman–Crippen MR) is 129 cm³/mol. The molecule has 9 nitrogen and oxygen atoms in total. The summed E-state index contributed by atoms with van der Waals surface area (Å²) in [6, 6.07) is 10.3. The third kappa shape index (κ3) is 4.16. The van der Waals surface area contributed by atoms with Gasteiger partial charge in [0.25, 0.3) is 17.7 Å². The SMILES string of the molecule is Cc1ccc(C)c(N2C(=O)c3ccc(C(=O)N4CCN(C(=O)N5CCOCC5)CC4)cc3C2=O)c1. The number of carbonyl (C=O) groups excluding carboxylic acids is 4. The van der Waals surface area contributed by atoms with Crippen LogP contribution in [0.4, 0.5) is 10.5 Å². The van der Waals surface area contributed by atoms with Crippen LogP contribution in [0.1, 0.15) is 42.2 Å². The second-order valence-electron chi connectivity index (χ2n) is 9.16. The van der Waals surface area contributed by atoms with E-state index in [-0.39, 0.29) is 23.4 Å². The number of amides is 5. The van der Waals surface area contributed by atoms with Crippen LogP contribution in [-0.4, -0.2) is 90.9 Å². The van der Waals surface area contributed by atoms with E-state index in [0.717, 1.165) is 11.1 Å². The molecule has 5 amide bonds. The summed E-state index contributed by atoms with van der Waals surface area (Å²) in [6.07, 6.45) is 0. The highest BCUT2D eigenvalue weighted by molar-refractivity contribution is 6.35. The van der Waals surface area contributed by atoms with Crippen molar-refractivity contribution in [3.63, 3.8) is 0 Å². The van der Waals surface area contributed by atoms with Gasteiger partial charge < -0.3 is 19.4 Å². The molecule has 5 rings (SSSR count). The first-order chi connectivity index (χ1) is 16.8. The molecule has 2 aromatic carbocycles. The number of rotatable bonds is 2. The van der Waals surface area contributed by atoms with Gasteiger partial charge in [0, 0.05) is 44.8 Å². The van der Waals surface area contributed by atoms with E-state index in [1.807, 2.05) is 32.0 Å². The number of morpholine rings is 1. The Morgan fingerprint density at radius 3 is 2.09 bits per heavy atom. The molecule has 0 aliphatic carbocycles. The molecule has 35 heavy (non-hydrogen) atoms. The highest BCUT2D eigenvalue weighted by atomic mass is 16.5. The number of hydrogen-bond acceptors (Lipinski definition) is 5. The van der Waals surface area contributed by atoms with Crippen LogP contribution in [0.3, 0.4) is 0 Å². The number of ether oxygens (including phenoxy) is 1. The molecule has 2 fully saturated rings. The summed E-state index contributed by atoms with van der Waals surface area (Å²) in [6.45, 7) is 7.74.